The van der Waals surface area contributed by atoms with Gasteiger partial charge in [0, 0.05) is 68.6 Å². The van der Waals surface area contributed by atoms with E-state index in [0.29, 0.717) is 44.2 Å². The summed E-state index contributed by atoms with van der Waals surface area (Å²) in [7, 11) is 1.85. The van der Waals surface area contributed by atoms with E-state index < -0.39 is 5.41 Å². The van der Waals surface area contributed by atoms with Crippen molar-refractivity contribution in [1.29, 1.82) is 5.26 Å². The topological polar surface area (TPSA) is 130 Å². The molecule has 12 nitrogen and oxygen atoms in total. The third-order valence-electron chi connectivity index (χ3n) is 8.99. The largest absolute Gasteiger partial charge is 0.368 e. The van der Waals surface area contributed by atoms with Crippen LogP contribution in [0.4, 0.5) is 11.4 Å². The normalized spacial score (nSPS) is 21.1. The standard InChI is InChI=1S/C30H32N10O2/c1-36-20-32-28(35-36)21-2-4-22(5-3-21)38-12-14-39(15-13-38)27(41)18-37-10-8-30(19-37)9-11-40(29(30)42)23-6-7-25-24(16-23)26(17-31)34-33-25/h2-7,16,20H,8-15,18-19H2,1H3,(H,33,34). The van der Waals surface area contributed by atoms with Crippen molar-refractivity contribution in [2.24, 2.45) is 12.5 Å². The van der Waals surface area contributed by atoms with Crippen molar-refractivity contribution in [2.75, 3.05) is 62.2 Å². The van der Waals surface area contributed by atoms with Crippen molar-refractivity contribution < 1.29 is 9.59 Å². The number of carbonyl (C=O) groups excluding carboxylic acids is 2. The molecule has 2 aromatic carbocycles. The molecule has 3 aliphatic rings. The molecule has 1 unspecified atom stereocenters. The lowest BCUT2D eigenvalue weighted by atomic mass is 9.85. The van der Waals surface area contributed by atoms with Crippen LogP contribution in [0.1, 0.15) is 18.5 Å². The van der Waals surface area contributed by atoms with Crippen molar-refractivity contribution in [3.63, 3.8) is 0 Å². The number of aryl methyl sites for hydroxylation is 1. The predicted octanol–water partition coefficient (Wildman–Crippen LogP) is 2.01. The minimum atomic E-state index is -0.459. The third-order valence-corrected chi connectivity index (χ3v) is 8.99. The number of amides is 2. The fraction of sp³-hybridized carbons (Fsp3) is 0.400. The van der Waals surface area contributed by atoms with Gasteiger partial charge in [-0.05, 0) is 61.9 Å². The highest BCUT2D eigenvalue weighted by Crippen LogP contribution is 2.42. The van der Waals surface area contributed by atoms with E-state index in [4.69, 9.17) is 0 Å². The zero-order valence-corrected chi connectivity index (χ0v) is 23.5. The van der Waals surface area contributed by atoms with Gasteiger partial charge >= 0.3 is 0 Å². The molecular formula is C30H32N10O2. The number of carbonyl (C=O) groups is 2. The van der Waals surface area contributed by atoms with Crippen LogP contribution in [-0.2, 0) is 16.6 Å². The molecular weight excluding hydrogens is 532 g/mol. The summed E-state index contributed by atoms with van der Waals surface area (Å²) in [5.41, 5.74) is 3.54. The molecule has 214 valence electrons. The molecule has 42 heavy (non-hydrogen) atoms. The lowest BCUT2D eigenvalue weighted by Crippen LogP contribution is -2.51. The first-order chi connectivity index (χ1) is 20.4. The highest BCUT2D eigenvalue weighted by molar-refractivity contribution is 6.02. The summed E-state index contributed by atoms with van der Waals surface area (Å²) in [5.74, 6) is 0.942. The number of piperazine rings is 1. The summed E-state index contributed by atoms with van der Waals surface area (Å²) in [6.45, 7) is 5.22. The van der Waals surface area contributed by atoms with Gasteiger partial charge in [0.25, 0.3) is 0 Å². The van der Waals surface area contributed by atoms with E-state index in [2.05, 4.69) is 48.3 Å². The number of aromatic amines is 1. The molecule has 0 bridgehead atoms. The summed E-state index contributed by atoms with van der Waals surface area (Å²) in [6.07, 6.45) is 3.21. The van der Waals surface area contributed by atoms with E-state index in [-0.39, 0.29) is 11.8 Å². The Morgan fingerprint density at radius 1 is 1.02 bits per heavy atom. The molecule has 1 spiro atoms. The number of hydrogen-bond donors (Lipinski definition) is 1. The van der Waals surface area contributed by atoms with Crippen LogP contribution < -0.4 is 9.80 Å². The molecule has 0 saturated carbocycles. The van der Waals surface area contributed by atoms with Crippen LogP contribution in [0.15, 0.2) is 48.8 Å². The highest BCUT2D eigenvalue weighted by atomic mass is 16.2. The second-order valence-electron chi connectivity index (χ2n) is 11.5. The molecule has 2 amide bonds. The number of aromatic nitrogens is 5. The smallest absolute Gasteiger partial charge is 0.236 e. The lowest BCUT2D eigenvalue weighted by molar-refractivity contribution is -0.133. The summed E-state index contributed by atoms with van der Waals surface area (Å²) >= 11 is 0. The van der Waals surface area contributed by atoms with Gasteiger partial charge in [-0.1, -0.05) is 0 Å². The van der Waals surface area contributed by atoms with Crippen molar-refractivity contribution in [3.8, 4) is 17.5 Å². The molecule has 3 saturated heterocycles. The summed E-state index contributed by atoms with van der Waals surface area (Å²) in [6, 6.07) is 16.0. The van der Waals surface area contributed by atoms with Gasteiger partial charge in [0.15, 0.2) is 11.5 Å². The molecule has 1 N–H and O–H groups in total. The molecule has 12 heteroatoms. The maximum absolute atomic E-state index is 13.7. The predicted molar refractivity (Wildman–Crippen MR) is 157 cm³/mol. The molecule has 0 radical (unpaired) electrons. The summed E-state index contributed by atoms with van der Waals surface area (Å²) in [4.78, 5) is 39.5. The first-order valence-corrected chi connectivity index (χ1v) is 14.3. The third kappa shape index (κ3) is 4.55. The van der Waals surface area contributed by atoms with E-state index in [1.54, 1.807) is 11.0 Å². The minimum absolute atomic E-state index is 0.109. The van der Waals surface area contributed by atoms with Crippen LogP contribution in [0, 0.1) is 16.7 Å². The number of benzene rings is 2. The Hall–Kier alpha value is -4.76. The molecule has 0 aliphatic carbocycles. The number of nitrogens with one attached hydrogen (secondary N) is 1. The Morgan fingerprint density at radius 3 is 2.52 bits per heavy atom. The minimum Gasteiger partial charge on any atom is -0.368 e. The lowest BCUT2D eigenvalue weighted by Gasteiger charge is -2.37. The number of anilines is 2. The molecule has 3 fully saturated rings. The van der Waals surface area contributed by atoms with Gasteiger partial charge < -0.3 is 14.7 Å². The number of nitriles is 1. The Bertz CT molecular complexity index is 1690. The average molecular weight is 565 g/mol. The van der Waals surface area contributed by atoms with Crippen LogP contribution in [0.3, 0.4) is 0 Å². The quantitative estimate of drug-likeness (QED) is 0.390. The molecule has 4 aromatic rings. The molecule has 3 aliphatic heterocycles. The van der Waals surface area contributed by atoms with Crippen LogP contribution in [-0.4, -0.2) is 98.9 Å². The van der Waals surface area contributed by atoms with Gasteiger partial charge in [0.1, 0.15) is 12.4 Å². The van der Waals surface area contributed by atoms with E-state index >= 15 is 0 Å². The number of rotatable bonds is 5. The Morgan fingerprint density at radius 2 is 1.79 bits per heavy atom. The van der Waals surface area contributed by atoms with Crippen LogP contribution in [0.2, 0.25) is 0 Å². The SMILES string of the molecule is Cn1cnc(-c2ccc(N3CCN(C(=O)CN4CCC5(CCN(c6ccc7[nH]nc(C#N)c7c6)C5=O)C4)CC3)cc2)n1. The fourth-order valence-corrected chi connectivity index (χ4v) is 6.59. The van der Waals surface area contributed by atoms with E-state index in [1.165, 1.54) is 0 Å². The highest BCUT2D eigenvalue weighted by Gasteiger charge is 2.51. The van der Waals surface area contributed by atoms with E-state index in [0.717, 1.165) is 60.3 Å². The van der Waals surface area contributed by atoms with Gasteiger partial charge in [-0.25, -0.2) is 4.98 Å². The van der Waals surface area contributed by atoms with Gasteiger partial charge in [0.2, 0.25) is 11.8 Å². The second-order valence-corrected chi connectivity index (χ2v) is 11.5. The van der Waals surface area contributed by atoms with Crippen molar-refractivity contribution in [2.45, 2.75) is 12.8 Å². The van der Waals surface area contributed by atoms with E-state index in [9.17, 15) is 14.9 Å². The van der Waals surface area contributed by atoms with Crippen LogP contribution in [0.25, 0.3) is 22.3 Å². The van der Waals surface area contributed by atoms with Crippen molar-refractivity contribution in [3.05, 3.63) is 54.5 Å². The average Bonchev–Trinajstić information content (AvgIpc) is 3.81. The monoisotopic (exact) mass is 564 g/mol. The van der Waals surface area contributed by atoms with Crippen molar-refractivity contribution >= 4 is 34.1 Å². The fourth-order valence-electron chi connectivity index (χ4n) is 6.59. The summed E-state index contributed by atoms with van der Waals surface area (Å²) < 4.78 is 1.69. The first kappa shape index (κ1) is 26.2. The second kappa shape index (κ2) is 10.3. The van der Waals surface area contributed by atoms with Gasteiger partial charge in [-0.3, -0.25) is 24.3 Å². The summed E-state index contributed by atoms with van der Waals surface area (Å²) in [5, 5.41) is 21.3. The number of hydrogen-bond acceptors (Lipinski definition) is 8. The van der Waals surface area contributed by atoms with Gasteiger partial charge in [0.05, 0.1) is 17.5 Å². The van der Waals surface area contributed by atoms with Crippen LogP contribution in [0.5, 0.6) is 0 Å². The number of likely N-dealkylation sites (tertiary alicyclic amines) is 1. The zero-order chi connectivity index (χ0) is 28.8. The molecule has 7 rings (SSSR count). The molecule has 2 aromatic heterocycles. The zero-order valence-electron chi connectivity index (χ0n) is 23.5. The maximum Gasteiger partial charge on any atom is 0.236 e. The Kier molecular flexibility index (Phi) is 6.39. The maximum atomic E-state index is 13.7. The Balaban J connectivity index is 0.933. The van der Waals surface area contributed by atoms with Crippen molar-refractivity contribution in [1.82, 2.24) is 34.8 Å². The van der Waals surface area contributed by atoms with E-state index in [1.807, 2.05) is 47.2 Å². The number of H-pyrrole nitrogens is 1. The van der Waals surface area contributed by atoms with Crippen LogP contribution >= 0.6 is 0 Å². The van der Waals surface area contributed by atoms with Gasteiger partial charge in [-0.15, -0.1) is 0 Å². The number of nitrogens with zero attached hydrogens (tertiary/aromatic N) is 9. The molecule has 5 heterocycles. The number of fused-ring (bicyclic) bond motifs is 1. The van der Waals surface area contributed by atoms with Gasteiger partial charge in [-0.2, -0.15) is 15.5 Å². The molecule has 1 atom stereocenters. The first-order valence-electron chi connectivity index (χ1n) is 14.3. The Labute approximate surface area is 243 Å².